The van der Waals surface area contributed by atoms with Crippen LogP contribution in [-0.4, -0.2) is 23.5 Å². The molecule has 0 aromatic carbocycles. The van der Waals surface area contributed by atoms with E-state index in [4.69, 9.17) is 5.11 Å². The molecule has 0 unspecified atom stereocenters. The van der Waals surface area contributed by atoms with E-state index >= 15 is 0 Å². The molecule has 0 spiro atoms. The van der Waals surface area contributed by atoms with E-state index < -0.39 is 5.97 Å². The van der Waals surface area contributed by atoms with Gasteiger partial charge in [0.05, 0.1) is 6.42 Å². The van der Waals surface area contributed by atoms with E-state index in [9.17, 15) is 9.59 Å². The molecule has 0 aliphatic carbocycles. The van der Waals surface area contributed by atoms with Crippen molar-refractivity contribution in [1.82, 2.24) is 5.32 Å². The number of nitrogens with one attached hydrogen (secondary N) is 1. The van der Waals surface area contributed by atoms with Gasteiger partial charge < -0.3 is 10.4 Å². The summed E-state index contributed by atoms with van der Waals surface area (Å²) in [5.41, 5.74) is 0.892. The largest absolute Gasteiger partial charge is 0.481 e. The van der Waals surface area contributed by atoms with Crippen LogP contribution in [0.3, 0.4) is 0 Å². The summed E-state index contributed by atoms with van der Waals surface area (Å²) in [7, 11) is 0. The molecule has 0 aromatic rings. The Morgan fingerprint density at radius 2 is 2.00 bits per heavy atom. The standard InChI is InChI=1S/C8H13NO3/c1-6(2)5-7(10)9-4-3-8(11)12/h5H,3-4H2,1-2H3,(H,9,10)(H,11,12). The van der Waals surface area contributed by atoms with Crippen molar-refractivity contribution >= 4 is 11.9 Å². The molecule has 0 heterocycles. The van der Waals surface area contributed by atoms with Crippen LogP contribution in [0.5, 0.6) is 0 Å². The molecule has 4 heteroatoms. The Morgan fingerprint density at radius 1 is 1.42 bits per heavy atom. The summed E-state index contributed by atoms with van der Waals surface area (Å²) < 4.78 is 0. The van der Waals surface area contributed by atoms with Gasteiger partial charge in [-0.3, -0.25) is 9.59 Å². The molecule has 68 valence electrons. The van der Waals surface area contributed by atoms with Crippen molar-refractivity contribution in [3.63, 3.8) is 0 Å². The summed E-state index contributed by atoms with van der Waals surface area (Å²) in [6, 6.07) is 0. The smallest absolute Gasteiger partial charge is 0.305 e. The molecule has 0 atom stereocenters. The molecular formula is C8H13NO3. The summed E-state index contributed by atoms with van der Waals surface area (Å²) in [6.45, 7) is 3.78. The number of hydrogen-bond donors (Lipinski definition) is 2. The first-order valence-electron chi connectivity index (χ1n) is 3.67. The van der Waals surface area contributed by atoms with Gasteiger partial charge in [0, 0.05) is 12.6 Å². The van der Waals surface area contributed by atoms with Gasteiger partial charge in [-0.15, -0.1) is 0 Å². The summed E-state index contributed by atoms with van der Waals surface area (Å²) in [5.74, 6) is -1.15. The fourth-order valence-electron chi connectivity index (χ4n) is 0.606. The Kier molecular flexibility index (Phi) is 4.76. The van der Waals surface area contributed by atoms with E-state index in [1.54, 1.807) is 13.8 Å². The Balaban J connectivity index is 3.59. The average Bonchev–Trinajstić information content (AvgIpc) is 1.84. The lowest BCUT2D eigenvalue weighted by Gasteiger charge is -1.98. The van der Waals surface area contributed by atoms with Crippen LogP contribution in [0.4, 0.5) is 0 Å². The van der Waals surface area contributed by atoms with Crippen LogP contribution in [0.15, 0.2) is 11.6 Å². The Bertz CT molecular complexity index is 204. The molecule has 4 nitrogen and oxygen atoms in total. The van der Waals surface area contributed by atoms with E-state index in [-0.39, 0.29) is 18.9 Å². The maximum atomic E-state index is 10.9. The fourth-order valence-corrected chi connectivity index (χ4v) is 0.606. The molecule has 0 saturated carbocycles. The maximum absolute atomic E-state index is 10.9. The monoisotopic (exact) mass is 171 g/mol. The summed E-state index contributed by atoms with van der Waals surface area (Å²) in [6.07, 6.45) is 1.39. The summed E-state index contributed by atoms with van der Waals surface area (Å²) >= 11 is 0. The van der Waals surface area contributed by atoms with Crippen molar-refractivity contribution in [2.24, 2.45) is 0 Å². The molecule has 0 radical (unpaired) electrons. The van der Waals surface area contributed by atoms with Crippen LogP contribution >= 0.6 is 0 Å². The number of hydrogen-bond acceptors (Lipinski definition) is 2. The van der Waals surface area contributed by atoms with Crippen LogP contribution in [0.25, 0.3) is 0 Å². The number of allylic oxidation sites excluding steroid dienone is 1. The molecule has 0 aromatic heterocycles. The average molecular weight is 171 g/mol. The number of rotatable bonds is 4. The van der Waals surface area contributed by atoms with Crippen LogP contribution in [0, 0.1) is 0 Å². The van der Waals surface area contributed by atoms with Gasteiger partial charge in [0.1, 0.15) is 0 Å². The minimum Gasteiger partial charge on any atom is -0.481 e. The van der Waals surface area contributed by atoms with Gasteiger partial charge in [-0.1, -0.05) is 5.57 Å². The summed E-state index contributed by atoms with van der Waals surface area (Å²) in [5, 5.41) is 10.7. The SMILES string of the molecule is CC(C)=CC(=O)NCCC(=O)O. The zero-order chi connectivity index (χ0) is 9.56. The van der Waals surface area contributed by atoms with E-state index in [1.165, 1.54) is 6.08 Å². The van der Waals surface area contributed by atoms with Crippen molar-refractivity contribution in [2.45, 2.75) is 20.3 Å². The van der Waals surface area contributed by atoms with Crippen molar-refractivity contribution < 1.29 is 14.7 Å². The molecule has 0 saturated heterocycles. The van der Waals surface area contributed by atoms with Gasteiger partial charge in [-0.2, -0.15) is 0 Å². The van der Waals surface area contributed by atoms with Crippen molar-refractivity contribution in [1.29, 1.82) is 0 Å². The van der Waals surface area contributed by atoms with Gasteiger partial charge in [-0.25, -0.2) is 0 Å². The van der Waals surface area contributed by atoms with Crippen molar-refractivity contribution in [3.8, 4) is 0 Å². The number of amides is 1. The van der Waals surface area contributed by atoms with Crippen molar-refractivity contribution in [2.75, 3.05) is 6.54 Å². The normalized spacial score (nSPS) is 8.83. The second kappa shape index (κ2) is 5.35. The predicted molar refractivity (Wildman–Crippen MR) is 44.7 cm³/mol. The molecule has 0 bridgehead atoms. The quantitative estimate of drug-likeness (QED) is 0.607. The molecular weight excluding hydrogens is 158 g/mol. The van der Waals surface area contributed by atoms with Crippen LogP contribution in [0.2, 0.25) is 0 Å². The van der Waals surface area contributed by atoms with Crippen LogP contribution in [0.1, 0.15) is 20.3 Å². The lowest BCUT2D eigenvalue weighted by molar-refractivity contribution is -0.136. The minimum absolute atomic E-state index is 0.0393. The lowest BCUT2D eigenvalue weighted by atomic mass is 10.3. The number of carboxylic acids is 1. The number of aliphatic carboxylic acids is 1. The topological polar surface area (TPSA) is 66.4 Å². The molecule has 0 rings (SSSR count). The highest BCUT2D eigenvalue weighted by Gasteiger charge is 1.98. The van der Waals surface area contributed by atoms with Crippen LogP contribution < -0.4 is 5.32 Å². The maximum Gasteiger partial charge on any atom is 0.305 e. The fraction of sp³-hybridized carbons (Fsp3) is 0.500. The third-order valence-electron chi connectivity index (χ3n) is 1.06. The highest BCUT2D eigenvalue weighted by molar-refractivity contribution is 5.88. The first-order chi connectivity index (χ1) is 5.52. The van der Waals surface area contributed by atoms with E-state index in [1.807, 2.05) is 0 Å². The Labute approximate surface area is 71.3 Å². The molecule has 12 heavy (non-hydrogen) atoms. The lowest BCUT2D eigenvalue weighted by Crippen LogP contribution is -2.24. The van der Waals surface area contributed by atoms with Crippen LogP contribution in [-0.2, 0) is 9.59 Å². The van der Waals surface area contributed by atoms with Crippen molar-refractivity contribution in [3.05, 3.63) is 11.6 Å². The van der Waals surface area contributed by atoms with Gasteiger partial charge in [-0.05, 0) is 13.8 Å². The minimum atomic E-state index is -0.910. The van der Waals surface area contributed by atoms with E-state index in [0.29, 0.717) is 0 Å². The first-order valence-corrected chi connectivity index (χ1v) is 3.67. The predicted octanol–water partition coefficient (Wildman–Crippen LogP) is 0.544. The molecule has 1 amide bonds. The third kappa shape index (κ3) is 6.80. The zero-order valence-corrected chi connectivity index (χ0v) is 7.26. The number of carboxylic acid groups (broad SMARTS) is 1. The van der Waals surface area contributed by atoms with Gasteiger partial charge in [0.2, 0.25) is 5.91 Å². The van der Waals surface area contributed by atoms with Gasteiger partial charge in [0.25, 0.3) is 0 Å². The second-order valence-electron chi connectivity index (χ2n) is 2.66. The molecule has 0 aliphatic rings. The molecule has 0 fully saturated rings. The number of carbonyl (C=O) groups is 2. The highest BCUT2D eigenvalue weighted by atomic mass is 16.4. The Morgan fingerprint density at radius 3 is 2.42 bits per heavy atom. The molecule has 2 N–H and O–H groups in total. The summed E-state index contributed by atoms with van der Waals surface area (Å²) in [4.78, 5) is 20.9. The number of carbonyl (C=O) groups excluding carboxylic acids is 1. The zero-order valence-electron chi connectivity index (χ0n) is 7.26. The molecule has 0 aliphatic heterocycles. The van der Waals surface area contributed by atoms with E-state index in [0.717, 1.165) is 5.57 Å². The highest BCUT2D eigenvalue weighted by Crippen LogP contribution is 1.87. The van der Waals surface area contributed by atoms with E-state index in [2.05, 4.69) is 5.32 Å². The Hall–Kier alpha value is -1.32. The first kappa shape index (κ1) is 10.7. The second-order valence-corrected chi connectivity index (χ2v) is 2.66. The van der Waals surface area contributed by atoms with Gasteiger partial charge >= 0.3 is 5.97 Å². The third-order valence-corrected chi connectivity index (χ3v) is 1.06. The van der Waals surface area contributed by atoms with Gasteiger partial charge in [0.15, 0.2) is 0 Å².